The number of carbonyl (C=O) groups is 2. The van der Waals surface area contributed by atoms with Gasteiger partial charge in [0.25, 0.3) is 0 Å². The summed E-state index contributed by atoms with van der Waals surface area (Å²) in [6, 6.07) is 21.8. The first kappa shape index (κ1) is 22.4. The molecule has 174 valence electrons. The third-order valence-electron chi connectivity index (χ3n) is 7.54. The summed E-state index contributed by atoms with van der Waals surface area (Å²) in [5.74, 6) is -1.75. The number of fused-ring (bicyclic) bond motifs is 3. The van der Waals surface area contributed by atoms with Gasteiger partial charge in [-0.1, -0.05) is 66.2 Å². The fourth-order valence-corrected chi connectivity index (χ4v) is 6.30. The molecule has 0 radical (unpaired) electrons. The van der Waals surface area contributed by atoms with Gasteiger partial charge in [0.2, 0.25) is 0 Å². The number of carbonyl (C=O) groups excluding carboxylic acids is 2. The molecule has 2 aliphatic rings. The maximum Gasteiger partial charge on any atom is 0.317 e. The van der Waals surface area contributed by atoms with Gasteiger partial charge in [0.05, 0.1) is 13.0 Å². The summed E-state index contributed by atoms with van der Waals surface area (Å²) >= 11 is 0. The minimum atomic E-state index is -1.27. The van der Waals surface area contributed by atoms with Crippen LogP contribution in [0.1, 0.15) is 39.3 Å². The summed E-state index contributed by atoms with van der Waals surface area (Å²) in [5, 5.41) is 3.39. The monoisotopic (exact) mass is 455 g/mol. The van der Waals surface area contributed by atoms with Crippen LogP contribution in [0.4, 0.5) is 0 Å². The minimum Gasteiger partial charge on any atom is -0.479 e. The Bertz CT molecular complexity index is 1280. The van der Waals surface area contributed by atoms with Crippen LogP contribution in [-0.4, -0.2) is 25.9 Å². The first-order chi connectivity index (χ1) is 16.3. The number of esters is 1. The normalized spacial score (nSPS) is 27.1. The Morgan fingerprint density at radius 2 is 1.65 bits per heavy atom. The van der Waals surface area contributed by atoms with Gasteiger partial charge in [-0.3, -0.25) is 9.59 Å². The van der Waals surface area contributed by atoms with Crippen molar-refractivity contribution < 1.29 is 19.1 Å². The average Bonchev–Trinajstić information content (AvgIpc) is 3.24. The van der Waals surface area contributed by atoms with Gasteiger partial charge in [-0.15, -0.1) is 0 Å². The standard InChI is InChI=1S/C29H29NO4/c1-17-11-13-21(14-12-17)29-25(20-9-7-6-8-10-20)23(27(32)33-5)26(31)28(29,30-4)24-19(3)15-18(2)16-22(24)34-29/h6-16,23,25,30H,1-5H3/t23-,25-,28+,29+/m1/s1. The Kier molecular flexibility index (Phi) is 5.14. The molecule has 3 aromatic rings. The fourth-order valence-electron chi connectivity index (χ4n) is 6.30. The van der Waals surface area contributed by atoms with Crippen LogP contribution in [0.15, 0.2) is 66.7 Å². The molecule has 3 aromatic carbocycles. The van der Waals surface area contributed by atoms with Gasteiger partial charge in [0.15, 0.2) is 16.9 Å². The topological polar surface area (TPSA) is 64.6 Å². The molecular formula is C29H29NO4. The van der Waals surface area contributed by atoms with Gasteiger partial charge in [0, 0.05) is 5.56 Å². The Hall–Kier alpha value is -3.44. The van der Waals surface area contributed by atoms with E-state index in [1.165, 1.54) is 7.11 Å². The molecule has 0 spiro atoms. The lowest BCUT2D eigenvalue weighted by molar-refractivity contribution is -0.149. The summed E-state index contributed by atoms with van der Waals surface area (Å²) in [6.07, 6.45) is 0. The highest BCUT2D eigenvalue weighted by atomic mass is 16.5. The van der Waals surface area contributed by atoms with Crippen LogP contribution in [0.2, 0.25) is 0 Å². The summed E-state index contributed by atoms with van der Waals surface area (Å²) in [6.45, 7) is 6.04. The zero-order chi connectivity index (χ0) is 24.3. The summed E-state index contributed by atoms with van der Waals surface area (Å²) in [4.78, 5) is 27.8. The number of aryl methyl sites for hydroxylation is 3. The quantitative estimate of drug-likeness (QED) is 0.465. The van der Waals surface area contributed by atoms with Crippen molar-refractivity contribution in [2.45, 2.75) is 37.8 Å². The van der Waals surface area contributed by atoms with E-state index in [1.54, 1.807) is 7.05 Å². The van der Waals surface area contributed by atoms with Gasteiger partial charge in [-0.25, -0.2) is 0 Å². The van der Waals surface area contributed by atoms with E-state index in [9.17, 15) is 9.59 Å². The van der Waals surface area contributed by atoms with Crippen LogP contribution in [0.25, 0.3) is 0 Å². The van der Waals surface area contributed by atoms with Crippen LogP contribution < -0.4 is 10.1 Å². The van der Waals surface area contributed by atoms with Crippen molar-refractivity contribution in [1.82, 2.24) is 5.32 Å². The maximum atomic E-state index is 14.5. The molecule has 1 heterocycles. The molecule has 1 aliphatic carbocycles. The highest BCUT2D eigenvalue weighted by molar-refractivity contribution is 6.10. The van der Waals surface area contributed by atoms with Crippen molar-refractivity contribution >= 4 is 11.8 Å². The van der Waals surface area contributed by atoms with E-state index in [-0.39, 0.29) is 5.78 Å². The average molecular weight is 456 g/mol. The van der Waals surface area contributed by atoms with Crippen molar-refractivity contribution in [2.75, 3.05) is 14.2 Å². The first-order valence-electron chi connectivity index (χ1n) is 11.6. The smallest absolute Gasteiger partial charge is 0.317 e. The second-order valence-electron chi connectivity index (χ2n) is 9.41. The molecule has 1 saturated carbocycles. The van der Waals surface area contributed by atoms with E-state index in [2.05, 4.69) is 11.4 Å². The lowest BCUT2D eigenvalue weighted by Crippen LogP contribution is -2.58. The molecular weight excluding hydrogens is 426 g/mol. The van der Waals surface area contributed by atoms with E-state index < -0.39 is 28.9 Å². The van der Waals surface area contributed by atoms with Crippen molar-refractivity contribution in [1.29, 1.82) is 0 Å². The number of ether oxygens (including phenoxy) is 2. The lowest BCUT2D eigenvalue weighted by Gasteiger charge is -2.42. The number of benzene rings is 3. The van der Waals surface area contributed by atoms with E-state index in [0.29, 0.717) is 5.75 Å². The zero-order valence-electron chi connectivity index (χ0n) is 20.1. The molecule has 5 nitrogen and oxygen atoms in total. The van der Waals surface area contributed by atoms with Crippen LogP contribution in [0, 0.1) is 26.7 Å². The second-order valence-corrected chi connectivity index (χ2v) is 9.41. The van der Waals surface area contributed by atoms with Crippen LogP contribution in [0.5, 0.6) is 5.75 Å². The SMILES string of the molecule is CN[C@@]12C(=O)[C@H](C(=O)OC)[C@@H](c3ccccc3)[C@]1(c1ccc(C)cc1)Oc1cc(C)cc(C)c12. The molecule has 0 aromatic heterocycles. The molecule has 5 heteroatoms. The van der Waals surface area contributed by atoms with E-state index in [4.69, 9.17) is 9.47 Å². The Morgan fingerprint density at radius 3 is 2.26 bits per heavy atom. The van der Waals surface area contributed by atoms with Crippen molar-refractivity contribution in [2.24, 2.45) is 5.92 Å². The van der Waals surface area contributed by atoms with Crippen molar-refractivity contribution in [3.63, 3.8) is 0 Å². The fraction of sp³-hybridized carbons (Fsp3) is 0.310. The van der Waals surface area contributed by atoms with Crippen molar-refractivity contribution in [3.8, 4) is 5.75 Å². The Labute approximate surface area is 200 Å². The second kappa shape index (κ2) is 7.81. The van der Waals surface area contributed by atoms with E-state index >= 15 is 0 Å². The van der Waals surface area contributed by atoms with E-state index in [1.807, 2.05) is 81.4 Å². The number of hydrogen-bond donors (Lipinski definition) is 1. The van der Waals surface area contributed by atoms with Crippen LogP contribution in [-0.2, 0) is 25.5 Å². The number of nitrogens with one attached hydrogen (secondary N) is 1. The third kappa shape index (κ3) is 2.70. The molecule has 0 amide bonds. The molecule has 1 N–H and O–H groups in total. The predicted molar refractivity (Wildman–Crippen MR) is 130 cm³/mol. The van der Waals surface area contributed by atoms with Crippen LogP contribution in [0.3, 0.4) is 0 Å². The highest BCUT2D eigenvalue weighted by Crippen LogP contribution is 2.67. The summed E-state index contributed by atoms with van der Waals surface area (Å²) < 4.78 is 12.2. The van der Waals surface area contributed by atoms with Gasteiger partial charge in [-0.05, 0) is 56.1 Å². The third-order valence-corrected chi connectivity index (χ3v) is 7.54. The van der Waals surface area contributed by atoms with Crippen molar-refractivity contribution in [3.05, 3.63) is 100 Å². The Balaban J connectivity index is 1.93. The number of Topliss-reactive ketones (excluding diaryl/α,β-unsaturated/α-hetero) is 1. The number of hydrogen-bond acceptors (Lipinski definition) is 5. The molecule has 1 fully saturated rings. The number of likely N-dealkylation sites (N-methyl/N-ethyl adjacent to an activating group) is 1. The number of methoxy groups -OCH3 is 1. The first-order valence-corrected chi connectivity index (χ1v) is 11.6. The highest BCUT2D eigenvalue weighted by Gasteiger charge is 2.78. The zero-order valence-corrected chi connectivity index (χ0v) is 20.1. The number of ketones is 1. The van der Waals surface area contributed by atoms with Gasteiger partial charge in [-0.2, -0.15) is 0 Å². The number of rotatable bonds is 4. The lowest BCUT2D eigenvalue weighted by atomic mass is 9.68. The largest absolute Gasteiger partial charge is 0.479 e. The minimum absolute atomic E-state index is 0.234. The molecule has 4 atom stereocenters. The summed E-state index contributed by atoms with van der Waals surface area (Å²) in [7, 11) is 3.11. The maximum absolute atomic E-state index is 14.5. The van der Waals surface area contributed by atoms with E-state index in [0.717, 1.165) is 33.4 Å². The van der Waals surface area contributed by atoms with Gasteiger partial charge in [0.1, 0.15) is 11.7 Å². The molecule has 0 bridgehead atoms. The molecule has 0 unspecified atom stereocenters. The van der Waals surface area contributed by atoms with Crippen LogP contribution >= 0.6 is 0 Å². The predicted octanol–water partition coefficient (Wildman–Crippen LogP) is 4.47. The molecule has 0 saturated heterocycles. The van der Waals surface area contributed by atoms with Gasteiger partial charge < -0.3 is 14.8 Å². The van der Waals surface area contributed by atoms with Gasteiger partial charge >= 0.3 is 5.97 Å². The molecule has 1 aliphatic heterocycles. The Morgan fingerprint density at radius 1 is 0.971 bits per heavy atom. The summed E-state index contributed by atoms with van der Waals surface area (Å²) in [5.41, 5.74) is 3.13. The molecule has 5 rings (SSSR count). The molecule has 34 heavy (non-hydrogen) atoms.